The fraction of sp³-hybridized carbons (Fsp3) is 0.417. The number of halogens is 2. The smallest absolute Gasteiger partial charge is 0.291 e. The van der Waals surface area contributed by atoms with E-state index in [9.17, 15) is 18.7 Å². The zero-order valence-corrected chi connectivity index (χ0v) is 19.8. The molecule has 3 aromatic rings. The number of rotatable bonds is 4. The number of hydrogen-bond acceptors (Lipinski definition) is 7. The van der Waals surface area contributed by atoms with Crippen molar-refractivity contribution in [2.75, 3.05) is 13.2 Å². The first kappa shape index (κ1) is 22.4. The Hall–Kier alpha value is -3.02. The van der Waals surface area contributed by atoms with Crippen LogP contribution in [0.3, 0.4) is 0 Å². The van der Waals surface area contributed by atoms with E-state index < -0.39 is 29.2 Å². The van der Waals surface area contributed by atoms with Gasteiger partial charge in [0.15, 0.2) is 5.82 Å². The highest BCUT2D eigenvalue weighted by Crippen LogP contribution is 2.41. The second-order valence-electron chi connectivity index (χ2n) is 9.20. The van der Waals surface area contributed by atoms with Crippen LogP contribution in [0, 0.1) is 11.6 Å². The number of ether oxygens (including phenoxy) is 1. The van der Waals surface area contributed by atoms with Crippen molar-refractivity contribution in [3.05, 3.63) is 63.0 Å². The molecule has 0 unspecified atom stereocenters. The molecule has 1 atom stereocenters. The Morgan fingerprint density at radius 3 is 2.83 bits per heavy atom. The van der Waals surface area contributed by atoms with E-state index in [-0.39, 0.29) is 23.6 Å². The number of aliphatic imine (C=N–C) groups is 1. The molecule has 182 valence electrons. The van der Waals surface area contributed by atoms with Gasteiger partial charge in [-0.25, -0.2) is 18.4 Å². The van der Waals surface area contributed by atoms with Gasteiger partial charge in [-0.2, -0.15) is 0 Å². The summed E-state index contributed by atoms with van der Waals surface area (Å²) in [7, 11) is 0. The molecule has 8 nitrogen and oxygen atoms in total. The molecule has 1 fully saturated rings. The summed E-state index contributed by atoms with van der Waals surface area (Å²) in [5.41, 5.74) is 0.542. The van der Waals surface area contributed by atoms with E-state index >= 15 is 0 Å². The molecule has 6 rings (SSSR count). The Kier molecular flexibility index (Phi) is 5.31. The van der Waals surface area contributed by atoms with Crippen LogP contribution in [0.2, 0.25) is 0 Å². The lowest BCUT2D eigenvalue weighted by atomic mass is 9.97. The van der Waals surface area contributed by atoms with Crippen LogP contribution in [0.4, 0.5) is 8.78 Å². The second kappa shape index (κ2) is 8.28. The average Bonchev–Trinajstić information content (AvgIpc) is 3.36. The van der Waals surface area contributed by atoms with E-state index in [1.54, 1.807) is 11.6 Å². The summed E-state index contributed by atoms with van der Waals surface area (Å²) < 4.78 is 37.3. The molecule has 11 heteroatoms. The van der Waals surface area contributed by atoms with E-state index in [4.69, 9.17) is 9.73 Å². The summed E-state index contributed by atoms with van der Waals surface area (Å²) in [6, 6.07) is 3.12. The number of nitrogens with zero attached hydrogens (tertiary/aromatic N) is 4. The number of aryl methyl sites for hydroxylation is 1. The summed E-state index contributed by atoms with van der Waals surface area (Å²) in [5, 5.41) is 17.8. The maximum absolute atomic E-state index is 15.0. The van der Waals surface area contributed by atoms with Crippen LogP contribution in [-0.2, 0) is 17.8 Å². The van der Waals surface area contributed by atoms with Crippen molar-refractivity contribution in [2.45, 2.75) is 50.9 Å². The molecule has 35 heavy (non-hydrogen) atoms. The topological polar surface area (TPSA) is 102 Å². The number of carbonyl (C=O) groups excluding carboxylic acids is 1. The minimum absolute atomic E-state index is 0.0439. The first-order valence-corrected chi connectivity index (χ1v) is 12.4. The van der Waals surface area contributed by atoms with Gasteiger partial charge in [0.2, 0.25) is 5.82 Å². The maximum Gasteiger partial charge on any atom is 0.291 e. The first-order chi connectivity index (χ1) is 16.8. The highest BCUT2D eigenvalue weighted by atomic mass is 32.1. The summed E-state index contributed by atoms with van der Waals surface area (Å²) in [6.07, 6.45) is 2.87. The monoisotopic (exact) mass is 499 g/mol. The molecule has 0 saturated heterocycles. The number of nitrogens with one attached hydrogen (secondary N) is 1. The lowest BCUT2D eigenvalue weighted by Gasteiger charge is -2.12. The van der Waals surface area contributed by atoms with Crippen LogP contribution >= 0.6 is 11.3 Å². The highest BCUT2D eigenvalue weighted by molar-refractivity contribution is 7.15. The lowest BCUT2D eigenvalue weighted by Crippen LogP contribution is -2.33. The average molecular weight is 500 g/mol. The van der Waals surface area contributed by atoms with Crippen molar-refractivity contribution >= 4 is 23.0 Å². The van der Waals surface area contributed by atoms with Crippen molar-refractivity contribution in [3.8, 4) is 5.00 Å². The molecule has 1 aliphatic carbocycles. The molecule has 4 heterocycles. The first-order valence-electron chi connectivity index (χ1n) is 11.6. The number of aliphatic hydroxyl groups is 1. The van der Waals surface area contributed by atoms with Crippen LogP contribution in [0.25, 0.3) is 5.00 Å². The number of aromatic nitrogens is 3. The zero-order valence-electron chi connectivity index (χ0n) is 19.0. The van der Waals surface area contributed by atoms with Crippen molar-refractivity contribution in [1.29, 1.82) is 0 Å². The Morgan fingerprint density at radius 2 is 2.09 bits per heavy atom. The van der Waals surface area contributed by atoms with E-state index in [1.807, 2.05) is 0 Å². The molecule has 1 saturated carbocycles. The fourth-order valence-corrected chi connectivity index (χ4v) is 5.78. The quantitative estimate of drug-likeness (QED) is 0.574. The van der Waals surface area contributed by atoms with Crippen LogP contribution in [0.15, 0.2) is 23.2 Å². The molecule has 2 N–H and O–H groups in total. The molecule has 1 amide bonds. The van der Waals surface area contributed by atoms with E-state index in [1.165, 1.54) is 29.5 Å². The number of benzene rings is 1. The van der Waals surface area contributed by atoms with Gasteiger partial charge in [-0.3, -0.25) is 9.79 Å². The number of thiophene rings is 1. The predicted molar refractivity (Wildman–Crippen MR) is 124 cm³/mol. The van der Waals surface area contributed by atoms with Gasteiger partial charge in [-0.1, -0.05) is 6.07 Å². The standard InChI is InChI=1S/C24H23F2N5O3S/c1-12-21-29-20(22(32)27-11-24(33)7-8-24)30-31(21)23-17(13-10-34-9-3-6-16(13)35-23)19(28-12)18-14(25)4-2-5-15(18)26/h2,4-5,12,33H,3,6-11H2,1H3,(H,27,32)/t12-/m0/s1. The molecule has 0 radical (unpaired) electrons. The summed E-state index contributed by atoms with van der Waals surface area (Å²) >= 11 is 1.45. The Balaban J connectivity index is 1.50. The van der Waals surface area contributed by atoms with Crippen molar-refractivity contribution in [3.63, 3.8) is 0 Å². The molecule has 2 aliphatic heterocycles. The number of carbonyl (C=O) groups is 1. The van der Waals surface area contributed by atoms with Gasteiger partial charge in [0.25, 0.3) is 5.91 Å². The van der Waals surface area contributed by atoms with Gasteiger partial charge < -0.3 is 15.2 Å². The summed E-state index contributed by atoms with van der Waals surface area (Å²) in [5.74, 6) is -1.56. The lowest BCUT2D eigenvalue weighted by molar-refractivity contribution is 0.0886. The summed E-state index contributed by atoms with van der Waals surface area (Å²) in [6.45, 7) is 2.77. The van der Waals surface area contributed by atoms with Gasteiger partial charge in [0.1, 0.15) is 22.7 Å². The van der Waals surface area contributed by atoms with E-state index in [2.05, 4.69) is 15.4 Å². The largest absolute Gasteiger partial charge is 0.388 e. The third-order valence-corrected chi connectivity index (χ3v) is 7.84. The predicted octanol–water partition coefficient (Wildman–Crippen LogP) is 3.24. The molecule has 1 aromatic carbocycles. The Bertz CT molecular complexity index is 1360. The SMILES string of the molecule is C[C@@H]1N=C(c2c(F)cccc2F)c2c(sc3c2COCCC3)-n2nc(C(=O)NCC3(O)CC3)nc21. The molecule has 0 spiro atoms. The second-order valence-corrected chi connectivity index (χ2v) is 10.3. The molecule has 3 aliphatic rings. The van der Waals surface area contributed by atoms with Crippen molar-refractivity contribution in [2.24, 2.45) is 4.99 Å². The Morgan fingerprint density at radius 1 is 1.31 bits per heavy atom. The van der Waals surface area contributed by atoms with Crippen LogP contribution in [0.5, 0.6) is 0 Å². The third-order valence-electron chi connectivity index (χ3n) is 6.58. The fourth-order valence-electron chi connectivity index (χ4n) is 4.47. The van der Waals surface area contributed by atoms with Crippen molar-refractivity contribution < 1.29 is 23.4 Å². The van der Waals surface area contributed by atoms with Crippen LogP contribution < -0.4 is 5.32 Å². The molecular formula is C24H23F2N5O3S. The van der Waals surface area contributed by atoms with Gasteiger partial charge >= 0.3 is 0 Å². The van der Waals surface area contributed by atoms with Gasteiger partial charge in [0, 0.05) is 29.2 Å². The Labute approximate surface area is 203 Å². The number of amides is 1. The van der Waals surface area contributed by atoms with Gasteiger partial charge in [-0.05, 0) is 44.7 Å². The normalized spacial score (nSPS) is 20.1. The molecular weight excluding hydrogens is 476 g/mol. The van der Waals surface area contributed by atoms with Crippen LogP contribution in [-0.4, -0.2) is 50.2 Å². The minimum Gasteiger partial charge on any atom is -0.388 e. The van der Waals surface area contributed by atoms with Crippen LogP contribution in [0.1, 0.15) is 70.2 Å². The zero-order chi connectivity index (χ0) is 24.3. The highest BCUT2D eigenvalue weighted by Gasteiger charge is 2.41. The summed E-state index contributed by atoms with van der Waals surface area (Å²) in [4.78, 5) is 23.0. The number of hydrogen-bond donors (Lipinski definition) is 2. The minimum atomic E-state index is -0.846. The van der Waals surface area contributed by atoms with Gasteiger partial charge in [0.05, 0.1) is 23.5 Å². The van der Waals surface area contributed by atoms with Gasteiger partial charge in [-0.15, -0.1) is 16.4 Å². The maximum atomic E-state index is 15.0. The number of fused-ring (bicyclic) bond motifs is 5. The third kappa shape index (κ3) is 3.87. The van der Waals surface area contributed by atoms with Crippen molar-refractivity contribution in [1.82, 2.24) is 20.1 Å². The molecule has 2 aromatic heterocycles. The van der Waals surface area contributed by atoms with E-state index in [0.29, 0.717) is 42.4 Å². The van der Waals surface area contributed by atoms with E-state index in [0.717, 1.165) is 23.3 Å². The molecule has 0 bridgehead atoms.